The minimum absolute atomic E-state index is 0. The minimum atomic E-state index is -0.329. The molecule has 1 aliphatic rings. The number of nitrogens with zero attached hydrogens (tertiary/aromatic N) is 3. The summed E-state index contributed by atoms with van der Waals surface area (Å²) in [4.78, 5) is 29.2. The van der Waals surface area contributed by atoms with Crippen LogP contribution in [0.4, 0.5) is 0 Å². The van der Waals surface area contributed by atoms with Gasteiger partial charge in [0.15, 0.2) is 0 Å². The van der Waals surface area contributed by atoms with Crippen molar-refractivity contribution in [2.75, 3.05) is 32.7 Å². The van der Waals surface area contributed by atoms with E-state index in [1.807, 2.05) is 24.3 Å². The third kappa shape index (κ3) is 8.10. The van der Waals surface area contributed by atoms with Crippen LogP contribution < -0.4 is 11.1 Å². The summed E-state index contributed by atoms with van der Waals surface area (Å²) >= 11 is 6.52. The van der Waals surface area contributed by atoms with Gasteiger partial charge in [-0.25, -0.2) is 0 Å². The molecule has 1 aromatic heterocycles. The SMILES string of the molecule is Cl.Cl.NCCC(=O)NC(=O)CN1CCN(Cc2ccccc2)C(c2cn(Cc3ccccc3Cl)c3ccccc23)C1. The van der Waals surface area contributed by atoms with Crippen LogP contribution in [0.15, 0.2) is 85.1 Å². The third-order valence-corrected chi connectivity index (χ3v) is 7.67. The fraction of sp³-hybridized carbons (Fsp3) is 0.290. The van der Waals surface area contributed by atoms with Crippen molar-refractivity contribution in [1.82, 2.24) is 19.7 Å². The Bertz CT molecular complexity index is 1450. The lowest BCUT2D eigenvalue weighted by Crippen LogP contribution is -2.51. The molecule has 3 N–H and O–H groups in total. The van der Waals surface area contributed by atoms with Gasteiger partial charge in [-0.05, 0) is 28.8 Å². The Hall–Kier alpha value is -2.91. The number of hydrogen-bond donors (Lipinski definition) is 2. The largest absolute Gasteiger partial charge is 0.343 e. The van der Waals surface area contributed by atoms with Gasteiger partial charge in [0.1, 0.15) is 0 Å². The molecule has 1 saturated heterocycles. The number of piperazine rings is 1. The Labute approximate surface area is 258 Å². The highest BCUT2D eigenvalue weighted by Gasteiger charge is 2.31. The monoisotopic (exact) mass is 615 g/mol. The van der Waals surface area contributed by atoms with E-state index in [0.29, 0.717) is 13.1 Å². The maximum atomic E-state index is 12.6. The first-order chi connectivity index (χ1) is 19.0. The van der Waals surface area contributed by atoms with Crippen LogP contribution in [0.25, 0.3) is 10.9 Å². The molecule has 1 aliphatic heterocycles. The summed E-state index contributed by atoms with van der Waals surface area (Å²) in [5.41, 5.74) is 10.1. The number of carbonyl (C=O) groups is 2. The first kappa shape index (κ1) is 32.6. The topological polar surface area (TPSA) is 83.6 Å². The number of rotatable bonds is 9. The molecule has 0 spiro atoms. The van der Waals surface area contributed by atoms with E-state index in [1.165, 1.54) is 16.5 Å². The van der Waals surface area contributed by atoms with E-state index < -0.39 is 0 Å². The standard InChI is InChI=1S/C31H34ClN5O2.2ClH/c32-27-12-6-4-10-24(27)19-37-20-26(25-11-5-7-13-28(25)37)29-21-35(22-31(39)34-30(38)14-15-33)16-17-36(29)18-23-8-2-1-3-9-23;;/h1-13,20,29H,14-19,21-22,33H2,(H,34,38,39);2*1H. The van der Waals surface area contributed by atoms with Gasteiger partial charge in [-0.2, -0.15) is 0 Å². The zero-order chi connectivity index (χ0) is 27.2. The number of aromatic nitrogens is 1. The summed E-state index contributed by atoms with van der Waals surface area (Å²) in [6, 6.07) is 26.9. The Kier molecular flexibility index (Phi) is 12.2. The number of hydrogen-bond acceptors (Lipinski definition) is 5. The Morgan fingerprint density at radius 3 is 2.34 bits per heavy atom. The smallest absolute Gasteiger partial charge is 0.240 e. The van der Waals surface area contributed by atoms with E-state index in [4.69, 9.17) is 17.3 Å². The fourth-order valence-corrected chi connectivity index (χ4v) is 5.59. The number of nitrogens with one attached hydrogen (secondary N) is 1. The number of halogens is 3. The minimum Gasteiger partial charge on any atom is -0.343 e. The highest BCUT2D eigenvalue weighted by Crippen LogP contribution is 2.34. The van der Waals surface area contributed by atoms with Crippen molar-refractivity contribution in [2.24, 2.45) is 5.73 Å². The molecule has 218 valence electrons. The first-order valence-corrected chi connectivity index (χ1v) is 13.7. The summed E-state index contributed by atoms with van der Waals surface area (Å²) in [6.45, 7) is 4.08. The van der Waals surface area contributed by atoms with Gasteiger partial charge in [-0.3, -0.25) is 24.7 Å². The molecule has 0 radical (unpaired) electrons. The predicted octanol–water partition coefficient (Wildman–Crippen LogP) is 5.04. The van der Waals surface area contributed by atoms with Crippen LogP contribution in [0.3, 0.4) is 0 Å². The predicted molar refractivity (Wildman–Crippen MR) is 170 cm³/mol. The van der Waals surface area contributed by atoms with Gasteiger partial charge in [0.25, 0.3) is 0 Å². The molecule has 4 aromatic rings. The van der Waals surface area contributed by atoms with Gasteiger partial charge < -0.3 is 10.3 Å². The second-order valence-corrected chi connectivity index (χ2v) is 10.4. The third-order valence-electron chi connectivity index (χ3n) is 7.30. The Morgan fingerprint density at radius 2 is 1.59 bits per heavy atom. The molecule has 2 heterocycles. The second-order valence-electron chi connectivity index (χ2n) is 10.0. The lowest BCUT2D eigenvalue weighted by Gasteiger charge is -2.41. The Balaban J connectivity index is 0.00000231. The van der Waals surface area contributed by atoms with Crippen molar-refractivity contribution in [2.45, 2.75) is 25.6 Å². The molecule has 41 heavy (non-hydrogen) atoms. The number of benzene rings is 3. The molecule has 3 aromatic carbocycles. The summed E-state index contributed by atoms with van der Waals surface area (Å²) in [5.74, 6) is -0.616. The number of amides is 2. The summed E-state index contributed by atoms with van der Waals surface area (Å²) in [6.07, 6.45) is 2.38. The van der Waals surface area contributed by atoms with E-state index in [-0.39, 0.29) is 62.2 Å². The van der Waals surface area contributed by atoms with Crippen LogP contribution in [0.2, 0.25) is 5.02 Å². The fourth-order valence-electron chi connectivity index (χ4n) is 5.40. The first-order valence-electron chi connectivity index (χ1n) is 13.4. The molecule has 0 bridgehead atoms. The second kappa shape index (κ2) is 15.4. The number of carbonyl (C=O) groups excluding carboxylic acids is 2. The van der Waals surface area contributed by atoms with Crippen LogP contribution in [-0.4, -0.2) is 58.9 Å². The quantitative estimate of drug-likeness (QED) is 0.276. The molecule has 0 saturated carbocycles. The number of imide groups is 1. The number of nitrogens with two attached hydrogens (primary N) is 1. The highest BCUT2D eigenvalue weighted by molar-refractivity contribution is 6.31. The zero-order valence-electron chi connectivity index (χ0n) is 22.7. The maximum absolute atomic E-state index is 12.6. The van der Waals surface area contributed by atoms with Crippen molar-refractivity contribution in [3.8, 4) is 0 Å². The van der Waals surface area contributed by atoms with Gasteiger partial charge in [0.05, 0.1) is 12.6 Å². The van der Waals surface area contributed by atoms with Gasteiger partial charge in [-0.1, -0.05) is 78.3 Å². The molecule has 1 fully saturated rings. The van der Waals surface area contributed by atoms with E-state index >= 15 is 0 Å². The Morgan fingerprint density at radius 1 is 0.878 bits per heavy atom. The molecule has 1 unspecified atom stereocenters. The van der Waals surface area contributed by atoms with E-state index in [9.17, 15) is 9.59 Å². The summed E-state index contributed by atoms with van der Waals surface area (Å²) in [7, 11) is 0. The average molecular weight is 617 g/mol. The van der Waals surface area contributed by atoms with Crippen LogP contribution in [0, 0.1) is 0 Å². The molecule has 2 amide bonds. The van der Waals surface area contributed by atoms with Crippen LogP contribution in [0.5, 0.6) is 0 Å². The van der Waals surface area contributed by atoms with E-state index in [2.05, 4.69) is 80.5 Å². The normalized spacial score (nSPS) is 15.6. The van der Waals surface area contributed by atoms with Gasteiger partial charge >= 0.3 is 0 Å². The number of para-hydroxylation sites is 1. The number of fused-ring (bicyclic) bond motifs is 1. The lowest BCUT2D eigenvalue weighted by molar-refractivity contribution is -0.131. The van der Waals surface area contributed by atoms with Crippen LogP contribution >= 0.6 is 36.4 Å². The van der Waals surface area contributed by atoms with Crippen LogP contribution in [-0.2, 0) is 22.7 Å². The van der Waals surface area contributed by atoms with E-state index in [1.54, 1.807) is 0 Å². The molecule has 0 aliphatic carbocycles. The highest BCUT2D eigenvalue weighted by atomic mass is 35.5. The van der Waals surface area contributed by atoms with Crippen molar-refractivity contribution in [3.05, 3.63) is 107 Å². The summed E-state index contributed by atoms with van der Waals surface area (Å²) in [5, 5.41) is 4.41. The molecule has 1 atom stereocenters. The maximum Gasteiger partial charge on any atom is 0.240 e. The molecule has 5 rings (SSSR count). The van der Waals surface area contributed by atoms with Gasteiger partial charge in [-0.15, -0.1) is 24.8 Å². The van der Waals surface area contributed by atoms with Crippen molar-refractivity contribution < 1.29 is 9.59 Å². The lowest BCUT2D eigenvalue weighted by atomic mass is 10.0. The molecule has 10 heteroatoms. The molecular formula is C31H36Cl3N5O2. The van der Waals surface area contributed by atoms with Crippen LogP contribution in [0.1, 0.15) is 29.2 Å². The average Bonchev–Trinajstić information content (AvgIpc) is 3.29. The van der Waals surface area contributed by atoms with Crippen molar-refractivity contribution in [1.29, 1.82) is 0 Å². The van der Waals surface area contributed by atoms with Crippen molar-refractivity contribution in [3.63, 3.8) is 0 Å². The molecular weight excluding hydrogens is 581 g/mol. The van der Waals surface area contributed by atoms with E-state index in [0.717, 1.165) is 35.7 Å². The zero-order valence-corrected chi connectivity index (χ0v) is 25.1. The summed E-state index contributed by atoms with van der Waals surface area (Å²) < 4.78 is 2.27. The van der Waals surface area contributed by atoms with Gasteiger partial charge in [0.2, 0.25) is 11.8 Å². The van der Waals surface area contributed by atoms with Crippen molar-refractivity contribution >= 4 is 59.1 Å². The molecule has 7 nitrogen and oxygen atoms in total. The van der Waals surface area contributed by atoms with Gasteiger partial charge in [0, 0.05) is 67.8 Å².